The van der Waals surface area contributed by atoms with Gasteiger partial charge in [-0.15, -0.1) is 0 Å². The first-order valence-electron chi connectivity index (χ1n) is 6.60. The lowest BCUT2D eigenvalue weighted by molar-refractivity contribution is -0.156. The maximum atomic E-state index is 11.4. The van der Waals surface area contributed by atoms with Crippen LogP contribution < -0.4 is 0 Å². The van der Waals surface area contributed by atoms with Gasteiger partial charge in [0, 0.05) is 0 Å². The molecule has 1 aromatic rings. The quantitative estimate of drug-likeness (QED) is 0.873. The fraction of sp³-hybridized carbons (Fsp3) is 0.467. The minimum atomic E-state index is -0.958. The van der Waals surface area contributed by atoms with Crippen molar-refractivity contribution in [3.63, 3.8) is 0 Å². The van der Waals surface area contributed by atoms with Crippen LogP contribution in [-0.4, -0.2) is 22.2 Å². The molecule has 2 fully saturated rings. The van der Waals surface area contributed by atoms with Crippen molar-refractivity contribution in [2.45, 2.75) is 18.8 Å². The SMILES string of the molecule is O=C(O)C1C2CC(c3ccccc3)C(C2)C1C(=O)O. The monoisotopic (exact) mass is 260 g/mol. The second-order valence-electron chi connectivity index (χ2n) is 5.64. The van der Waals surface area contributed by atoms with Crippen molar-refractivity contribution < 1.29 is 19.8 Å². The van der Waals surface area contributed by atoms with Gasteiger partial charge < -0.3 is 10.2 Å². The van der Waals surface area contributed by atoms with Crippen LogP contribution >= 0.6 is 0 Å². The Morgan fingerprint density at radius 1 is 0.947 bits per heavy atom. The molecular weight excluding hydrogens is 244 g/mol. The van der Waals surface area contributed by atoms with Crippen LogP contribution in [0.15, 0.2) is 30.3 Å². The number of fused-ring (bicyclic) bond motifs is 2. The summed E-state index contributed by atoms with van der Waals surface area (Å²) in [6.07, 6.45) is 1.53. The zero-order valence-corrected chi connectivity index (χ0v) is 10.4. The van der Waals surface area contributed by atoms with E-state index in [1.165, 1.54) is 0 Å². The summed E-state index contributed by atoms with van der Waals surface area (Å²) in [4.78, 5) is 22.7. The molecule has 0 saturated heterocycles. The molecule has 2 saturated carbocycles. The van der Waals surface area contributed by atoms with Gasteiger partial charge in [-0.2, -0.15) is 0 Å². The summed E-state index contributed by atoms with van der Waals surface area (Å²) in [5, 5.41) is 18.6. The lowest BCUT2D eigenvalue weighted by Gasteiger charge is -2.31. The number of aliphatic carboxylic acids is 2. The third-order valence-corrected chi connectivity index (χ3v) is 4.80. The minimum Gasteiger partial charge on any atom is -0.481 e. The molecule has 0 aliphatic heterocycles. The van der Waals surface area contributed by atoms with Crippen LogP contribution in [0.5, 0.6) is 0 Å². The molecule has 19 heavy (non-hydrogen) atoms. The Morgan fingerprint density at radius 2 is 1.58 bits per heavy atom. The van der Waals surface area contributed by atoms with Gasteiger partial charge in [0.1, 0.15) is 0 Å². The van der Waals surface area contributed by atoms with Crippen LogP contribution in [0.25, 0.3) is 0 Å². The molecule has 2 N–H and O–H groups in total. The van der Waals surface area contributed by atoms with Crippen molar-refractivity contribution >= 4 is 11.9 Å². The van der Waals surface area contributed by atoms with Crippen molar-refractivity contribution in [1.29, 1.82) is 0 Å². The molecule has 1 aromatic carbocycles. The number of hydrogen-bond donors (Lipinski definition) is 2. The number of carboxylic acids is 2. The third-order valence-electron chi connectivity index (χ3n) is 4.80. The summed E-state index contributed by atoms with van der Waals surface area (Å²) in [6, 6.07) is 9.86. The lowest BCUT2D eigenvalue weighted by Crippen LogP contribution is -2.37. The van der Waals surface area contributed by atoms with Gasteiger partial charge in [-0.3, -0.25) is 9.59 Å². The zero-order chi connectivity index (χ0) is 13.6. The normalized spacial score (nSPS) is 36.3. The second-order valence-corrected chi connectivity index (χ2v) is 5.64. The summed E-state index contributed by atoms with van der Waals surface area (Å²) in [7, 11) is 0. The van der Waals surface area contributed by atoms with Gasteiger partial charge in [-0.1, -0.05) is 30.3 Å². The number of carbonyl (C=O) groups is 2. The molecule has 2 aliphatic rings. The molecule has 0 heterocycles. The van der Waals surface area contributed by atoms with E-state index in [-0.39, 0.29) is 17.8 Å². The standard InChI is InChI=1S/C15H16O4/c16-14(17)12-9-6-10(8-4-2-1-3-5-8)11(7-9)13(12)15(18)19/h1-5,9-13H,6-7H2,(H,16,17)(H,18,19). The van der Waals surface area contributed by atoms with Gasteiger partial charge in [-0.05, 0) is 36.2 Å². The molecule has 2 aliphatic carbocycles. The van der Waals surface area contributed by atoms with Crippen molar-refractivity contribution in [1.82, 2.24) is 0 Å². The van der Waals surface area contributed by atoms with Gasteiger partial charge in [0.2, 0.25) is 0 Å². The van der Waals surface area contributed by atoms with E-state index in [0.29, 0.717) is 0 Å². The molecule has 4 heteroatoms. The van der Waals surface area contributed by atoms with E-state index >= 15 is 0 Å². The summed E-state index contributed by atoms with van der Waals surface area (Å²) < 4.78 is 0. The Morgan fingerprint density at radius 3 is 2.16 bits per heavy atom. The smallest absolute Gasteiger partial charge is 0.307 e. The molecule has 2 bridgehead atoms. The van der Waals surface area contributed by atoms with Crippen molar-refractivity contribution in [3.05, 3.63) is 35.9 Å². The van der Waals surface area contributed by atoms with Gasteiger partial charge in [0.25, 0.3) is 0 Å². The van der Waals surface area contributed by atoms with Gasteiger partial charge in [0.15, 0.2) is 0 Å². The van der Waals surface area contributed by atoms with Crippen molar-refractivity contribution in [2.24, 2.45) is 23.7 Å². The molecular formula is C15H16O4. The Labute approximate surface area is 111 Å². The molecule has 100 valence electrons. The fourth-order valence-electron chi connectivity index (χ4n) is 4.14. The van der Waals surface area contributed by atoms with Crippen LogP contribution in [-0.2, 0) is 9.59 Å². The maximum absolute atomic E-state index is 11.4. The van der Waals surface area contributed by atoms with Crippen LogP contribution in [0, 0.1) is 23.7 Å². The summed E-state index contributed by atoms with van der Waals surface area (Å²) in [6.45, 7) is 0. The highest BCUT2D eigenvalue weighted by molar-refractivity contribution is 5.82. The Balaban J connectivity index is 1.92. The molecule has 0 aromatic heterocycles. The lowest BCUT2D eigenvalue weighted by atomic mass is 9.71. The number of carboxylic acid groups (broad SMARTS) is 2. The van der Waals surface area contributed by atoms with Gasteiger partial charge in [0.05, 0.1) is 11.8 Å². The first kappa shape index (κ1) is 12.2. The summed E-state index contributed by atoms with van der Waals surface area (Å²) >= 11 is 0. The second kappa shape index (κ2) is 4.37. The van der Waals surface area contributed by atoms with Crippen molar-refractivity contribution in [2.75, 3.05) is 0 Å². The average Bonchev–Trinajstić information content (AvgIpc) is 2.96. The molecule has 0 radical (unpaired) electrons. The van der Waals surface area contributed by atoms with Gasteiger partial charge in [-0.25, -0.2) is 0 Å². The van der Waals surface area contributed by atoms with E-state index in [9.17, 15) is 19.8 Å². The third kappa shape index (κ3) is 1.82. The highest BCUT2D eigenvalue weighted by Crippen LogP contribution is 2.58. The van der Waals surface area contributed by atoms with Crippen LogP contribution in [0.1, 0.15) is 24.3 Å². The van der Waals surface area contributed by atoms with Crippen LogP contribution in [0.4, 0.5) is 0 Å². The Bertz CT molecular complexity index is 510. The largest absolute Gasteiger partial charge is 0.481 e. The van der Waals surface area contributed by atoms with Crippen molar-refractivity contribution in [3.8, 4) is 0 Å². The van der Waals surface area contributed by atoms with E-state index in [1.54, 1.807) is 0 Å². The van der Waals surface area contributed by atoms with E-state index in [0.717, 1.165) is 18.4 Å². The van der Waals surface area contributed by atoms with E-state index in [4.69, 9.17) is 0 Å². The summed E-state index contributed by atoms with van der Waals surface area (Å²) in [5.74, 6) is -3.18. The Hall–Kier alpha value is -1.84. The zero-order valence-electron chi connectivity index (χ0n) is 10.4. The molecule has 5 atom stereocenters. The molecule has 0 amide bonds. The van der Waals surface area contributed by atoms with E-state index < -0.39 is 23.8 Å². The maximum Gasteiger partial charge on any atom is 0.307 e. The highest BCUT2D eigenvalue weighted by atomic mass is 16.4. The average molecular weight is 260 g/mol. The fourth-order valence-corrected chi connectivity index (χ4v) is 4.14. The van der Waals surface area contributed by atoms with Gasteiger partial charge >= 0.3 is 11.9 Å². The first-order valence-corrected chi connectivity index (χ1v) is 6.60. The van der Waals surface area contributed by atoms with E-state index in [2.05, 4.69) is 0 Å². The van der Waals surface area contributed by atoms with Crippen LogP contribution in [0.2, 0.25) is 0 Å². The topological polar surface area (TPSA) is 74.6 Å². The van der Waals surface area contributed by atoms with Crippen LogP contribution in [0.3, 0.4) is 0 Å². The summed E-state index contributed by atoms with van der Waals surface area (Å²) in [5.41, 5.74) is 1.14. The number of benzene rings is 1. The van der Waals surface area contributed by atoms with E-state index in [1.807, 2.05) is 30.3 Å². The Kier molecular flexibility index (Phi) is 2.81. The number of hydrogen-bond acceptors (Lipinski definition) is 2. The molecule has 5 unspecified atom stereocenters. The number of rotatable bonds is 3. The highest BCUT2D eigenvalue weighted by Gasteiger charge is 2.58. The molecule has 0 spiro atoms. The minimum absolute atomic E-state index is 0.00815. The first-order chi connectivity index (χ1) is 9.09. The molecule has 3 rings (SSSR count). The predicted molar refractivity (Wildman–Crippen MR) is 67.6 cm³/mol. The molecule has 4 nitrogen and oxygen atoms in total. The predicted octanol–water partition coefficient (Wildman–Crippen LogP) is 2.21.